The lowest BCUT2D eigenvalue weighted by atomic mass is 10.2. The van der Waals surface area contributed by atoms with Crippen molar-refractivity contribution < 1.29 is 17.9 Å². The lowest BCUT2D eigenvalue weighted by molar-refractivity contribution is 0.155. The fourth-order valence-electron chi connectivity index (χ4n) is 2.39. The van der Waals surface area contributed by atoms with Crippen molar-refractivity contribution in [3.8, 4) is 0 Å². The van der Waals surface area contributed by atoms with E-state index >= 15 is 0 Å². The molecule has 0 fully saturated rings. The van der Waals surface area contributed by atoms with Crippen LogP contribution < -0.4 is 10.0 Å². The second-order valence-electron chi connectivity index (χ2n) is 5.94. The molecule has 0 aliphatic heterocycles. The molecular weight excluding hydrogens is 480 g/mol. The van der Waals surface area contributed by atoms with Gasteiger partial charge in [0, 0.05) is 15.8 Å². The third-order valence-electron chi connectivity index (χ3n) is 3.78. The van der Waals surface area contributed by atoms with Crippen molar-refractivity contribution in [1.82, 2.24) is 0 Å². The van der Waals surface area contributed by atoms with E-state index in [1.165, 1.54) is 18.2 Å². The van der Waals surface area contributed by atoms with Crippen molar-refractivity contribution in [3.63, 3.8) is 0 Å². The number of ether oxygens (including phenoxy) is 1. The van der Waals surface area contributed by atoms with E-state index < -0.39 is 16.1 Å². The van der Waals surface area contributed by atoms with Crippen LogP contribution in [0.1, 0.15) is 5.56 Å². The van der Waals surface area contributed by atoms with Crippen LogP contribution in [0.4, 0.5) is 16.2 Å². The van der Waals surface area contributed by atoms with E-state index in [-0.39, 0.29) is 22.2 Å². The first-order chi connectivity index (χ1) is 13.8. The molecule has 150 valence electrons. The van der Waals surface area contributed by atoms with Gasteiger partial charge in [-0.05, 0) is 48.0 Å². The fourth-order valence-corrected chi connectivity index (χ4v) is 4.24. The highest BCUT2D eigenvalue weighted by Gasteiger charge is 2.19. The summed E-state index contributed by atoms with van der Waals surface area (Å²) in [6.07, 6.45) is -0.708. The molecule has 0 aliphatic rings. The predicted molar refractivity (Wildman–Crippen MR) is 117 cm³/mol. The first kappa shape index (κ1) is 21.2. The maximum atomic E-state index is 12.7. The highest BCUT2D eigenvalue weighted by molar-refractivity contribution is 9.10. The van der Waals surface area contributed by atoms with E-state index in [0.717, 1.165) is 10.0 Å². The van der Waals surface area contributed by atoms with Gasteiger partial charge in [0.1, 0.15) is 11.5 Å². The summed E-state index contributed by atoms with van der Waals surface area (Å²) >= 11 is 9.37. The standard InChI is InChI=1S/C20H16BrClN2O4S/c21-15-6-8-16(9-7-15)24-29(26,27)19-12-17(10-11-18(19)22)23-20(25)28-13-14-4-2-1-3-5-14/h1-12,24H,13H2,(H,23,25). The van der Waals surface area contributed by atoms with Gasteiger partial charge in [-0.25, -0.2) is 13.2 Å². The van der Waals surface area contributed by atoms with Crippen LogP contribution in [-0.2, 0) is 21.4 Å². The summed E-state index contributed by atoms with van der Waals surface area (Å²) in [7, 11) is -3.96. The molecule has 0 aromatic heterocycles. The van der Waals surface area contributed by atoms with Crippen LogP contribution in [0.5, 0.6) is 0 Å². The first-order valence-electron chi connectivity index (χ1n) is 8.39. The lowest BCUT2D eigenvalue weighted by Gasteiger charge is -2.12. The van der Waals surface area contributed by atoms with Gasteiger partial charge in [0.05, 0.1) is 5.02 Å². The maximum Gasteiger partial charge on any atom is 0.411 e. The van der Waals surface area contributed by atoms with Crippen molar-refractivity contribution in [2.75, 3.05) is 10.0 Å². The second-order valence-corrected chi connectivity index (χ2v) is 8.92. The molecular formula is C20H16BrClN2O4S. The molecule has 6 nitrogen and oxygen atoms in total. The topological polar surface area (TPSA) is 84.5 Å². The summed E-state index contributed by atoms with van der Waals surface area (Å²) in [6, 6.07) is 20.0. The van der Waals surface area contributed by atoms with E-state index in [1.807, 2.05) is 30.3 Å². The molecule has 0 aliphatic carbocycles. The van der Waals surface area contributed by atoms with Crippen LogP contribution in [0.15, 0.2) is 82.2 Å². The Morgan fingerprint density at radius 2 is 1.62 bits per heavy atom. The Kier molecular flexibility index (Phi) is 6.79. The number of benzene rings is 3. The first-order valence-corrected chi connectivity index (χ1v) is 11.0. The number of rotatable bonds is 6. The van der Waals surface area contributed by atoms with E-state index in [1.54, 1.807) is 24.3 Å². The fraction of sp³-hybridized carbons (Fsp3) is 0.0500. The van der Waals surface area contributed by atoms with E-state index in [0.29, 0.717) is 5.69 Å². The number of halogens is 2. The number of amides is 1. The molecule has 0 atom stereocenters. The Balaban J connectivity index is 1.71. The van der Waals surface area contributed by atoms with Crippen molar-refractivity contribution >= 4 is 55.0 Å². The molecule has 3 rings (SSSR count). The van der Waals surface area contributed by atoms with E-state index in [9.17, 15) is 13.2 Å². The van der Waals surface area contributed by atoms with Gasteiger partial charge in [-0.2, -0.15) is 0 Å². The minimum Gasteiger partial charge on any atom is -0.444 e. The monoisotopic (exact) mass is 494 g/mol. The SMILES string of the molecule is O=C(Nc1ccc(Cl)c(S(=O)(=O)Nc2ccc(Br)cc2)c1)OCc1ccccc1. The average molecular weight is 496 g/mol. The summed E-state index contributed by atoms with van der Waals surface area (Å²) < 4.78 is 33.8. The molecule has 2 N–H and O–H groups in total. The second kappa shape index (κ2) is 9.30. The van der Waals surface area contributed by atoms with Gasteiger partial charge in [-0.15, -0.1) is 0 Å². The quantitative estimate of drug-likeness (QED) is 0.463. The summed E-state index contributed by atoms with van der Waals surface area (Å²) in [5, 5.41) is 2.53. The Morgan fingerprint density at radius 1 is 0.966 bits per heavy atom. The minimum atomic E-state index is -3.96. The maximum absolute atomic E-state index is 12.7. The molecule has 3 aromatic carbocycles. The third kappa shape index (κ3) is 5.96. The number of anilines is 2. The van der Waals surface area contributed by atoms with Crippen LogP contribution in [-0.4, -0.2) is 14.5 Å². The predicted octanol–water partition coefficient (Wildman–Crippen LogP) is 5.65. The Bertz CT molecular complexity index is 1110. The molecule has 1 amide bonds. The Labute approximate surface area is 182 Å². The molecule has 0 bridgehead atoms. The number of carbonyl (C=O) groups excluding carboxylic acids is 1. The van der Waals surface area contributed by atoms with Gasteiger partial charge in [0.25, 0.3) is 10.0 Å². The highest BCUT2D eigenvalue weighted by atomic mass is 79.9. The molecule has 9 heteroatoms. The van der Waals surface area contributed by atoms with Crippen molar-refractivity contribution in [3.05, 3.63) is 87.9 Å². The normalized spacial score (nSPS) is 11.0. The van der Waals surface area contributed by atoms with Crippen LogP contribution in [0, 0.1) is 0 Å². The van der Waals surface area contributed by atoms with Gasteiger partial charge >= 0.3 is 6.09 Å². The van der Waals surface area contributed by atoms with Gasteiger partial charge in [0.15, 0.2) is 0 Å². The third-order valence-corrected chi connectivity index (χ3v) is 6.17. The van der Waals surface area contributed by atoms with Gasteiger partial charge in [0.2, 0.25) is 0 Å². The number of nitrogens with one attached hydrogen (secondary N) is 2. The Morgan fingerprint density at radius 3 is 2.31 bits per heavy atom. The zero-order valence-corrected chi connectivity index (χ0v) is 18.1. The number of hydrogen-bond donors (Lipinski definition) is 2. The van der Waals surface area contributed by atoms with Crippen molar-refractivity contribution in [2.45, 2.75) is 11.5 Å². The summed E-state index contributed by atoms with van der Waals surface area (Å²) in [6.45, 7) is 0.0938. The molecule has 0 radical (unpaired) electrons. The molecule has 0 spiro atoms. The summed E-state index contributed by atoms with van der Waals surface area (Å²) in [4.78, 5) is 11.9. The zero-order valence-electron chi connectivity index (χ0n) is 14.9. The van der Waals surface area contributed by atoms with Crippen LogP contribution in [0.25, 0.3) is 0 Å². The van der Waals surface area contributed by atoms with Gasteiger partial charge in [-0.1, -0.05) is 57.9 Å². The minimum absolute atomic E-state index is 0.0258. The van der Waals surface area contributed by atoms with E-state index in [2.05, 4.69) is 26.0 Å². The number of carbonyl (C=O) groups is 1. The lowest BCUT2D eigenvalue weighted by Crippen LogP contribution is -2.16. The smallest absolute Gasteiger partial charge is 0.411 e. The molecule has 0 unspecified atom stereocenters. The number of sulfonamides is 1. The molecule has 0 saturated heterocycles. The van der Waals surface area contributed by atoms with Gasteiger partial charge in [-0.3, -0.25) is 10.0 Å². The summed E-state index contributed by atoms with van der Waals surface area (Å²) in [5.41, 5.74) is 1.45. The van der Waals surface area contributed by atoms with Crippen molar-refractivity contribution in [2.24, 2.45) is 0 Å². The van der Waals surface area contributed by atoms with Crippen LogP contribution in [0.3, 0.4) is 0 Å². The van der Waals surface area contributed by atoms with E-state index in [4.69, 9.17) is 16.3 Å². The molecule has 29 heavy (non-hydrogen) atoms. The Hall–Kier alpha value is -2.55. The average Bonchev–Trinajstić information content (AvgIpc) is 2.70. The van der Waals surface area contributed by atoms with Crippen molar-refractivity contribution in [1.29, 1.82) is 0 Å². The summed E-state index contributed by atoms with van der Waals surface area (Å²) in [5.74, 6) is 0. The van der Waals surface area contributed by atoms with Crippen LogP contribution >= 0.6 is 27.5 Å². The molecule has 3 aromatic rings. The largest absolute Gasteiger partial charge is 0.444 e. The van der Waals surface area contributed by atoms with Crippen LogP contribution in [0.2, 0.25) is 5.02 Å². The molecule has 0 heterocycles. The number of hydrogen-bond acceptors (Lipinski definition) is 4. The zero-order chi connectivity index (χ0) is 20.9. The highest BCUT2D eigenvalue weighted by Crippen LogP contribution is 2.27. The van der Waals surface area contributed by atoms with Gasteiger partial charge < -0.3 is 4.74 Å². The molecule has 0 saturated carbocycles.